The first kappa shape index (κ1) is 11.1. The van der Waals surface area contributed by atoms with Gasteiger partial charge in [0, 0.05) is 0 Å². The Hall–Kier alpha value is -1.03. The van der Waals surface area contributed by atoms with Gasteiger partial charge in [-0.3, -0.25) is 0 Å². The second-order valence-corrected chi connectivity index (χ2v) is 3.14. The van der Waals surface area contributed by atoms with Gasteiger partial charge in [0.2, 0.25) is 0 Å². The molecule has 1 rings (SSSR count). The van der Waals surface area contributed by atoms with Gasteiger partial charge in [0.1, 0.15) is 5.75 Å². The lowest BCUT2D eigenvalue weighted by Crippen LogP contribution is -2.02. The van der Waals surface area contributed by atoms with Gasteiger partial charge in [-0.15, -0.1) is 0 Å². The molecule has 0 aromatic heterocycles. The lowest BCUT2D eigenvalue weighted by molar-refractivity contribution is 0.431. The predicted octanol–water partition coefficient (Wildman–Crippen LogP) is 1.81. The lowest BCUT2D eigenvalue weighted by Gasteiger charge is -2.05. The second-order valence-electron chi connectivity index (χ2n) is 3.14. The maximum atomic E-state index is 13.2. The molecule has 0 spiro atoms. The topological polar surface area (TPSA) is 29.5 Å². The van der Waals surface area contributed by atoms with Crippen LogP contribution in [0.4, 0.5) is 4.39 Å². The SMILES string of the molecule is CCCCc1ccc(OBO)c(F)c1. The van der Waals surface area contributed by atoms with Gasteiger partial charge in [-0.05, 0) is 30.5 Å². The van der Waals surface area contributed by atoms with Crippen molar-refractivity contribution >= 4 is 7.69 Å². The Bertz CT molecular complexity index is 291. The summed E-state index contributed by atoms with van der Waals surface area (Å²) in [5.41, 5.74) is 0.967. The summed E-state index contributed by atoms with van der Waals surface area (Å²) in [5, 5.41) is 8.47. The molecule has 0 atom stereocenters. The van der Waals surface area contributed by atoms with Crippen molar-refractivity contribution in [2.75, 3.05) is 0 Å². The van der Waals surface area contributed by atoms with E-state index in [-0.39, 0.29) is 5.75 Å². The molecule has 1 aromatic rings. The van der Waals surface area contributed by atoms with E-state index in [0.29, 0.717) is 0 Å². The third-order valence-corrected chi connectivity index (χ3v) is 2.04. The molecule has 0 fully saturated rings. The number of hydrogen-bond acceptors (Lipinski definition) is 2. The van der Waals surface area contributed by atoms with Gasteiger partial charge in [0.15, 0.2) is 5.82 Å². The van der Waals surface area contributed by atoms with Gasteiger partial charge >= 0.3 is 7.69 Å². The van der Waals surface area contributed by atoms with Crippen LogP contribution in [0.2, 0.25) is 0 Å². The van der Waals surface area contributed by atoms with Crippen molar-refractivity contribution in [3.63, 3.8) is 0 Å². The number of rotatable bonds is 5. The quantitative estimate of drug-likeness (QED) is 0.727. The highest BCUT2D eigenvalue weighted by Crippen LogP contribution is 2.18. The molecule has 0 heterocycles. The highest BCUT2D eigenvalue weighted by Gasteiger charge is 2.04. The van der Waals surface area contributed by atoms with Crippen LogP contribution in [-0.4, -0.2) is 12.7 Å². The summed E-state index contributed by atoms with van der Waals surface area (Å²) in [4.78, 5) is 0. The minimum atomic E-state index is -0.495. The molecule has 0 unspecified atom stereocenters. The van der Waals surface area contributed by atoms with Gasteiger partial charge in [0.05, 0.1) is 0 Å². The third kappa shape index (κ3) is 3.03. The van der Waals surface area contributed by atoms with E-state index in [9.17, 15) is 4.39 Å². The molecular weight excluding hydrogens is 182 g/mol. The normalized spacial score (nSPS) is 9.93. The summed E-state index contributed by atoms with van der Waals surface area (Å²) < 4.78 is 17.9. The van der Waals surface area contributed by atoms with Gasteiger partial charge in [0.25, 0.3) is 0 Å². The minimum Gasteiger partial charge on any atom is -0.537 e. The molecule has 76 valence electrons. The molecule has 0 saturated carbocycles. The zero-order chi connectivity index (χ0) is 10.4. The fourth-order valence-corrected chi connectivity index (χ4v) is 1.27. The maximum Gasteiger partial charge on any atom is 0.504 e. The minimum absolute atomic E-state index is 0.104. The van der Waals surface area contributed by atoms with Gasteiger partial charge in [-0.2, -0.15) is 0 Å². The van der Waals surface area contributed by atoms with Crippen LogP contribution in [0.1, 0.15) is 25.3 Å². The average molecular weight is 196 g/mol. The molecule has 1 aromatic carbocycles. The van der Waals surface area contributed by atoms with E-state index < -0.39 is 13.5 Å². The highest BCUT2D eigenvalue weighted by molar-refractivity contribution is 6.17. The summed E-state index contributed by atoms with van der Waals surface area (Å²) in [6.45, 7) is 2.10. The molecular formula is C10H14BFO2. The Balaban J connectivity index is 2.68. The highest BCUT2D eigenvalue weighted by atomic mass is 19.1. The zero-order valence-electron chi connectivity index (χ0n) is 8.29. The van der Waals surface area contributed by atoms with Crippen molar-refractivity contribution in [3.05, 3.63) is 29.6 Å². The molecule has 2 nitrogen and oxygen atoms in total. The number of benzene rings is 1. The van der Waals surface area contributed by atoms with Crippen molar-refractivity contribution in [1.29, 1.82) is 0 Å². The first-order chi connectivity index (χ1) is 6.77. The van der Waals surface area contributed by atoms with Crippen molar-refractivity contribution in [1.82, 2.24) is 0 Å². The number of unbranched alkanes of at least 4 members (excludes halogenated alkanes) is 1. The Labute approximate surface area is 84.0 Å². The van der Waals surface area contributed by atoms with Crippen LogP contribution < -0.4 is 4.65 Å². The summed E-state index contributed by atoms with van der Waals surface area (Å²) in [5.74, 6) is -0.305. The van der Waals surface area contributed by atoms with E-state index >= 15 is 0 Å². The number of aryl methyl sites for hydroxylation is 1. The van der Waals surface area contributed by atoms with Crippen LogP contribution in [0, 0.1) is 5.82 Å². The molecule has 0 saturated heterocycles. The molecule has 4 heteroatoms. The van der Waals surface area contributed by atoms with Crippen LogP contribution >= 0.6 is 0 Å². The second kappa shape index (κ2) is 5.65. The summed E-state index contributed by atoms with van der Waals surface area (Å²) >= 11 is 0. The molecule has 0 aliphatic heterocycles. The molecule has 14 heavy (non-hydrogen) atoms. The largest absolute Gasteiger partial charge is 0.537 e. The van der Waals surface area contributed by atoms with Crippen LogP contribution in [0.15, 0.2) is 18.2 Å². The summed E-state index contributed by atoms with van der Waals surface area (Å²) in [6, 6.07) is 4.83. The Kier molecular flexibility index (Phi) is 4.46. The average Bonchev–Trinajstić information content (AvgIpc) is 2.19. The van der Waals surface area contributed by atoms with Gasteiger partial charge in [-0.1, -0.05) is 19.4 Å². The Morgan fingerprint density at radius 3 is 2.86 bits per heavy atom. The molecule has 0 bridgehead atoms. The van der Waals surface area contributed by atoms with Crippen LogP contribution in [0.5, 0.6) is 5.75 Å². The van der Waals surface area contributed by atoms with E-state index in [1.165, 1.54) is 6.07 Å². The Morgan fingerprint density at radius 2 is 2.29 bits per heavy atom. The van der Waals surface area contributed by atoms with E-state index in [2.05, 4.69) is 11.6 Å². The van der Waals surface area contributed by atoms with E-state index in [0.717, 1.165) is 24.8 Å². The van der Waals surface area contributed by atoms with Crippen molar-refractivity contribution < 1.29 is 14.1 Å². The predicted molar refractivity (Wildman–Crippen MR) is 55.0 cm³/mol. The van der Waals surface area contributed by atoms with Crippen molar-refractivity contribution in [2.45, 2.75) is 26.2 Å². The first-order valence-corrected chi connectivity index (χ1v) is 4.80. The molecule has 0 amide bonds. The molecule has 0 radical (unpaired) electrons. The van der Waals surface area contributed by atoms with E-state index in [1.807, 2.05) is 6.07 Å². The zero-order valence-corrected chi connectivity index (χ0v) is 8.29. The van der Waals surface area contributed by atoms with Crippen LogP contribution in [-0.2, 0) is 6.42 Å². The van der Waals surface area contributed by atoms with E-state index in [4.69, 9.17) is 5.02 Å². The first-order valence-electron chi connectivity index (χ1n) is 4.80. The maximum absolute atomic E-state index is 13.2. The monoisotopic (exact) mass is 196 g/mol. The van der Waals surface area contributed by atoms with Gasteiger partial charge in [-0.25, -0.2) is 4.39 Å². The molecule has 0 aliphatic carbocycles. The van der Waals surface area contributed by atoms with Crippen LogP contribution in [0.3, 0.4) is 0 Å². The lowest BCUT2D eigenvalue weighted by atomic mass is 10.1. The fourth-order valence-electron chi connectivity index (χ4n) is 1.27. The number of halogens is 1. The summed E-state index contributed by atoms with van der Waals surface area (Å²) in [6.07, 6.45) is 3.03. The van der Waals surface area contributed by atoms with Gasteiger partial charge < -0.3 is 9.68 Å². The van der Waals surface area contributed by atoms with E-state index in [1.54, 1.807) is 6.07 Å². The van der Waals surface area contributed by atoms with Crippen molar-refractivity contribution in [2.24, 2.45) is 0 Å². The molecule has 1 N–H and O–H groups in total. The summed E-state index contributed by atoms with van der Waals surface area (Å²) in [7, 11) is -0.495. The number of hydrogen-bond donors (Lipinski definition) is 1. The van der Waals surface area contributed by atoms with Crippen LogP contribution in [0.25, 0.3) is 0 Å². The Morgan fingerprint density at radius 1 is 1.50 bits per heavy atom. The molecule has 0 aliphatic rings. The van der Waals surface area contributed by atoms with Crippen molar-refractivity contribution in [3.8, 4) is 5.75 Å². The third-order valence-electron chi connectivity index (χ3n) is 2.04. The fraction of sp³-hybridized carbons (Fsp3) is 0.400. The standard InChI is InChI=1S/C10H14BFO2/c1-2-3-4-8-5-6-10(14-11-13)9(12)7-8/h5-7,11,13H,2-4H2,1H3. The smallest absolute Gasteiger partial charge is 0.504 e.